The molecule has 1 aromatic heterocycles. The van der Waals surface area contributed by atoms with Gasteiger partial charge in [0.2, 0.25) is 0 Å². The van der Waals surface area contributed by atoms with Crippen LogP contribution in [-0.4, -0.2) is 33.2 Å². The zero-order valence-electron chi connectivity index (χ0n) is 8.57. The van der Waals surface area contributed by atoms with Gasteiger partial charge in [0.1, 0.15) is 6.04 Å². The number of hydrogen-bond donors (Lipinski definition) is 3. The average molecular weight is 211 g/mol. The molecule has 0 aliphatic carbocycles. The van der Waals surface area contributed by atoms with Gasteiger partial charge < -0.3 is 10.4 Å². The average Bonchev–Trinajstić information content (AvgIpc) is 2.60. The predicted molar refractivity (Wildman–Crippen MR) is 52.5 cm³/mol. The van der Waals surface area contributed by atoms with E-state index in [2.05, 4.69) is 15.5 Å². The molecule has 0 aromatic carbocycles. The number of amides is 1. The molecule has 0 spiro atoms. The number of aryl methyl sites for hydroxylation is 1. The van der Waals surface area contributed by atoms with E-state index in [9.17, 15) is 9.59 Å². The van der Waals surface area contributed by atoms with Crippen molar-refractivity contribution in [2.75, 3.05) is 0 Å². The molecular weight excluding hydrogens is 198 g/mol. The third-order valence-corrected chi connectivity index (χ3v) is 2.09. The van der Waals surface area contributed by atoms with E-state index in [0.717, 1.165) is 0 Å². The lowest BCUT2D eigenvalue weighted by molar-refractivity contribution is -0.139. The minimum Gasteiger partial charge on any atom is -0.480 e. The molecule has 15 heavy (non-hydrogen) atoms. The van der Waals surface area contributed by atoms with Crippen molar-refractivity contribution in [3.8, 4) is 0 Å². The molecule has 0 saturated carbocycles. The van der Waals surface area contributed by atoms with Gasteiger partial charge in [-0.05, 0) is 13.3 Å². The maximum atomic E-state index is 11.6. The molecule has 1 aromatic rings. The summed E-state index contributed by atoms with van der Waals surface area (Å²) in [5, 5.41) is 17.5. The molecule has 0 fully saturated rings. The molecule has 0 bridgehead atoms. The molecule has 1 rings (SSSR count). The highest BCUT2D eigenvalue weighted by atomic mass is 16.4. The van der Waals surface area contributed by atoms with Crippen molar-refractivity contribution in [2.45, 2.75) is 26.3 Å². The summed E-state index contributed by atoms with van der Waals surface area (Å²) in [6.07, 6.45) is 1.72. The summed E-state index contributed by atoms with van der Waals surface area (Å²) in [6.45, 7) is 3.39. The van der Waals surface area contributed by atoms with Gasteiger partial charge >= 0.3 is 5.97 Å². The molecular formula is C9H13N3O3. The first-order chi connectivity index (χ1) is 7.06. The number of aliphatic carboxylic acids is 1. The SMILES string of the molecule is CC[C@@H](NC(=O)c1cn[nH]c1C)C(=O)O. The van der Waals surface area contributed by atoms with Crippen molar-refractivity contribution in [3.63, 3.8) is 0 Å². The van der Waals surface area contributed by atoms with Crippen molar-refractivity contribution in [3.05, 3.63) is 17.5 Å². The van der Waals surface area contributed by atoms with Crippen molar-refractivity contribution >= 4 is 11.9 Å². The largest absolute Gasteiger partial charge is 0.480 e. The van der Waals surface area contributed by atoms with Crippen molar-refractivity contribution in [1.29, 1.82) is 0 Å². The van der Waals surface area contributed by atoms with E-state index in [1.54, 1.807) is 13.8 Å². The number of rotatable bonds is 4. The molecule has 1 atom stereocenters. The fourth-order valence-electron chi connectivity index (χ4n) is 1.15. The summed E-state index contributed by atoms with van der Waals surface area (Å²) >= 11 is 0. The fourth-order valence-corrected chi connectivity index (χ4v) is 1.15. The lowest BCUT2D eigenvalue weighted by atomic mass is 10.2. The third kappa shape index (κ3) is 2.55. The first-order valence-corrected chi connectivity index (χ1v) is 4.60. The monoisotopic (exact) mass is 211 g/mol. The molecule has 3 N–H and O–H groups in total. The Labute approximate surface area is 86.7 Å². The first kappa shape index (κ1) is 11.2. The quantitative estimate of drug-likeness (QED) is 0.668. The second-order valence-electron chi connectivity index (χ2n) is 3.18. The van der Waals surface area contributed by atoms with E-state index < -0.39 is 17.9 Å². The summed E-state index contributed by atoms with van der Waals surface area (Å²) in [6, 6.07) is -0.855. The molecule has 6 nitrogen and oxygen atoms in total. The molecule has 82 valence electrons. The van der Waals surface area contributed by atoms with E-state index in [1.807, 2.05) is 0 Å². The van der Waals surface area contributed by atoms with Crippen LogP contribution in [-0.2, 0) is 4.79 Å². The minimum absolute atomic E-state index is 0.345. The second-order valence-corrected chi connectivity index (χ2v) is 3.18. The highest BCUT2D eigenvalue weighted by molar-refractivity contribution is 5.97. The van der Waals surface area contributed by atoms with Gasteiger partial charge in [0, 0.05) is 5.69 Å². The second kappa shape index (κ2) is 4.59. The number of aromatic amines is 1. The lowest BCUT2D eigenvalue weighted by Crippen LogP contribution is -2.40. The van der Waals surface area contributed by atoms with Gasteiger partial charge in [-0.25, -0.2) is 4.79 Å². The summed E-state index contributed by atoms with van der Waals surface area (Å²) in [5.41, 5.74) is 0.988. The van der Waals surface area contributed by atoms with Crippen LogP contribution in [0.5, 0.6) is 0 Å². The van der Waals surface area contributed by atoms with Crippen molar-refractivity contribution < 1.29 is 14.7 Å². The summed E-state index contributed by atoms with van der Waals surface area (Å²) in [4.78, 5) is 22.2. The summed E-state index contributed by atoms with van der Waals surface area (Å²) in [7, 11) is 0. The maximum Gasteiger partial charge on any atom is 0.326 e. The standard InChI is InChI=1S/C9H13N3O3/c1-3-7(9(14)15)11-8(13)6-4-10-12-5(6)2/h4,7H,3H2,1-2H3,(H,10,12)(H,11,13)(H,14,15)/t7-/m1/s1. The van der Waals surface area contributed by atoms with E-state index in [0.29, 0.717) is 17.7 Å². The minimum atomic E-state index is -1.04. The summed E-state index contributed by atoms with van der Waals surface area (Å²) < 4.78 is 0. The van der Waals surface area contributed by atoms with Gasteiger partial charge in [0.15, 0.2) is 0 Å². The lowest BCUT2D eigenvalue weighted by Gasteiger charge is -2.11. The normalized spacial score (nSPS) is 12.1. The molecule has 1 amide bonds. The molecule has 0 unspecified atom stereocenters. The van der Waals surface area contributed by atoms with E-state index in [4.69, 9.17) is 5.11 Å². The van der Waals surface area contributed by atoms with Crippen LogP contribution in [0.3, 0.4) is 0 Å². The van der Waals surface area contributed by atoms with Gasteiger partial charge in [-0.2, -0.15) is 5.10 Å². The molecule has 0 aliphatic heterocycles. The highest BCUT2D eigenvalue weighted by Crippen LogP contribution is 2.03. The van der Waals surface area contributed by atoms with Crippen LogP contribution in [0.2, 0.25) is 0 Å². The van der Waals surface area contributed by atoms with Gasteiger partial charge in [-0.15, -0.1) is 0 Å². The Morgan fingerprint density at radius 2 is 2.33 bits per heavy atom. The molecule has 0 aliphatic rings. The highest BCUT2D eigenvalue weighted by Gasteiger charge is 2.19. The van der Waals surface area contributed by atoms with Crippen molar-refractivity contribution in [2.24, 2.45) is 0 Å². The Kier molecular flexibility index (Phi) is 3.43. The topological polar surface area (TPSA) is 95.1 Å². The number of carboxylic acid groups (broad SMARTS) is 1. The Balaban J connectivity index is 2.71. The first-order valence-electron chi connectivity index (χ1n) is 4.60. The molecule has 0 saturated heterocycles. The number of aromatic nitrogens is 2. The van der Waals surface area contributed by atoms with Gasteiger partial charge in [0.05, 0.1) is 11.8 Å². The van der Waals surface area contributed by atoms with Crippen LogP contribution >= 0.6 is 0 Å². The van der Waals surface area contributed by atoms with E-state index in [1.165, 1.54) is 6.20 Å². The van der Waals surface area contributed by atoms with Crippen molar-refractivity contribution in [1.82, 2.24) is 15.5 Å². The van der Waals surface area contributed by atoms with E-state index >= 15 is 0 Å². The number of carbonyl (C=O) groups excluding carboxylic acids is 1. The van der Waals surface area contributed by atoms with Gasteiger partial charge in [-0.1, -0.05) is 6.92 Å². The maximum absolute atomic E-state index is 11.6. The van der Waals surface area contributed by atoms with Crippen LogP contribution < -0.4 is 5.32 Å². The van der Waals surface area contributed by atoms with Crippen LogP contribution in [0.25, 0.3) is 0 Å². The Morgan fingerprint density at radius 1 is 1.67 bits per heavy atom. The molecule has 6 heteroatoms. The number of carbonyl (C=O) groups is 2. The van der Waals surface area contributed by atoms with Crippen LogP contribution in [0, 0.1) is 6.92 Å². The zero-order valence-corrected chi connectivity index (χ0v) is 8.57. The Bertz CT molecular complexity index is 372. The van der Waals surface area contributed by atoms with Gasteiger partial charge in [0.25, 0.3) is 5.91 Å². The van der Waals surface area contributed by atoms with Crippen LogP contribution in [0.4, 0.5) is 0 Å². The number of hydrogen-bond acceptors (Lipinski definition) is 3. The van der Waals surface area contributed by atoms with Gasteiger partial charge in [-0.3, -0.25) is 9.89 Å². The zero-order chi connectivity index (χ0) is 11.4. The number of H-pyrrole nitrogens is 1. The fraction of sp³-hybridized carbons (Fsp3) is 0.444. The number of nitrogens with one attached hydrogen (secondary N) is 2. The van der Waals surface area contributed by atoms with E-state index in [-0.39, 0.29) is 0 Å². The predicted octanol–water partition coefficient (Wildman–Crippen LogP) is 0.311. The Hall–Kier alpha value is -1.85. The smallest absolute Gasteiger partial charge is 0.326 e. The van der Waals surface area contributed by atoms with Crippen LogP contribution in [0.15, 0.2) is 6.20 Å². The number of nitrogens with zero attached hydrogens (tertiary/aromatic N) is 1. The Morgan fingerprint density at radius 3 is 2.73 bits per heavy atom. The molecule has 1 heterocycles. The summed E-state index contributed by atoms with van der Waals surface area (Å²) in [5.74, 6) is -1.46. The van der Waals surface area contributed by atoms with Crippen LogP contribution in [0.1, 0.15) is 29.4 Å². The number of carboxylic acids is 1. The third-order valence-electron chi connectivity index (χ3n) is 2.09. The molecule has 0 radical (unpaired) electrons.